The summed E-state index contributed by atoms with van der Waals surface area (Å²) in [6.45, 7) is 4.38. The summed E-state index contributed by atoms with van der Waals surface area (Å²) in [7, 11) is 0. The summed E-state index contributed by atoms with van der Waals surface area (Å²) in [6.07, 6.45) is 4.28. The first kappa shape index (κ1) is 9.47. The molecule has 0 rings (SSSR count). The van der Waals surface area contributed by atoms with Gasteiger partial charge in [0, 0.05) is 6.42 Å². The molecular formula is C8H18N2. The maximum Gasteiger partial charge on any atom is 0.0905 e. The Morgan fingerprint density at radius 1 is 1.40 bits per heavy atom. The molecule has 0 amide bonds. The molecule has 2 heteroatoms. The summed E-state index contributed by atoms with van der Waals surface area (Å²) in [5, 5.41) is 7.02. The average Bonchev–Trinajstić information content (AvgIpc) is 1.90. The molecule has 60 valence electrons. The number of nitrogens with one attached hydrogen (secondary N) is 1. The van der Waals surface area contributed by atoms with Crippen molar-refractivity contribution in [3.8, 4) is 0 Å². The van der Waals surface area contributed by atoms with Gasteiger partial charge in [-0.15, -0.1) is 0 Å². The van der Waals surface area contributed by atoms with Gasteiger partial charge in [0.05, 0.1) is 5.84 Å². The Morgan fingerprint density at radius 3 is 2.20 bits per heavy atom. The highest BCUT2D eigenvalue weighted by molar-refractivity contribution is 5.76. The molecule has 2 nitrogen and oxygen atoms in total. The van der Waals surface area contributed by atoms with Crippen LogP contribution in [-0.2, 0) is 0 Å². The van der Waals surface area contributed by atoms with Gasteiger partial charge in [0.25, 0.3) is 0 Å². The Kier molecular flexibility index (Phi) is 4.99. The molecule has 0 unspecified atom stereocenters. The fourth-order valence-electron chi connectivity index (χ4n) is 1.06. The van der Waals surface area contributed by atoms with Gasteiger partial charge in [-0.05, 0) is 12.3 Å². The monoisotopic (exact) mass is 142 g/mol. The highest BCUT2D eigenvalue weighted by Crippen LogP contribution is 2.13. The van der Waals surface area contributed by atoms with E-state index in [1.54, 1.807) is 0 Å². The van der Waals surface area contributed by atoms with Gasteiger partial charge in [-0.3, -0.25) is 5.41 Å². The van der Waals surface area contributed by atoms with E-state index in [2.05, 4.69) is 13.8 Å². The van der Waals surface area contributed by atoms with Crippen LogP contribution < -0.4 is 5.73 Å². The van der Waals surface area contributed by atoms with Crippen LogP contribution in [0, 0.1) is 11.3 Å². The predicted molar refractivity (Wildman–Crippen MR) is 45.2 cm³/mol. The van der Waals surface area contributed by atoms with Gasteiger partial charge in [-0.2, -0.15) is 0 Å². The van der Waals surface area contributed by atoms with E-state index in [1.165, 1.54) is 12.8 Å². The summed E-state index contributed by atoms with van der Waals surface area (Å²) < 4.78 is 0. The van der Waals surface area contributed by atoms with Crippen LogP contribution in [0.1, 0.15) is 39.5 Å². The minimum Gasteiger partial charge on any atom is -0.388 e. The molecule has 0 bridgehead atoms. The van der Waals surface area contributed by atoms with Crippen molar-refractivity contribution < 1.29 is 0 Å². The minimum absolute atomic E-state index is 0.326. The standard InChI is InChI=1S/C8H18N2/c1-3-7(4-2)5-6-8(9)10/h7H,3-6H2,1-2H3,(H3,9,10). The first-order valence-electron chi connectivity index (χ1n) is 4.03. The van der Waals surface area contributed by atoms with Crippen molar-refractivity contribution in [1.82, 2.24) is 0 Å². The van der Waals surface area contributed by atoms with E-state index in [0.717, 1.165) is 18.8 Å². The summed E-state index contributed by atoms with van der Waals surface area (Å²) in [5.74, 6) is 1.09. The van der Waals surface area contributed by atoms with Crippen LogP contribution in [0.5, 0.6) is 0 Å². The van der Waals surface area contributed by atoms with Crippen LogP contribution in [0.3, 0.4) is 0 Å². The molecule has 0 saturated carbocycles. The van der Waals surface area contributed by atoms with Gasteiger partial charge in [0.2, 0.25) is 0 Å². The topological polar surface area (TPSA) is 49.9 Å². The molecule has 0 aromatic heterocycles. The second kappa shape index (κ2) is 5.27. The van der Waals surface area contributed by atoms with Crippen LogP contribution >= 0.6 is 0 Å². The van der Waals surface area contributed by atoms with Crippen LogP contribution in [0.2, 0.25) is 0 Å². The van der Waals surface area contributed by atoms with E-state index in [9.17, 15) is 0 Å². The van der Waals surface area contributed by atoms with Crippen molar-refractivity contribution in [3.05, 3.63) is 0 Å². The second-order valence-electron chi connectivity index (χ2n) is 2.75. The summed E-state index contributed by atoms with van der Waals surface area (Å²) >= 11 is 0. The van der Waals surface area contributed by atoms with E-state index in [0.29, 0.717) is 5.84 Å². The summed E-state index contributed by atoms with van der Waals surface area (Å²) in [4.78, 5) is 0. The van der Waals surface area contributed by atoms with Gasteiger partial charge in [0.1, 0.15) is 0 Å². The molecule has 0 saturated heterocycles. The lowest BCUT2D eigenvalue weighted by atomic mass is 9.97. The largest absolute Gasteiger partial charge is 0.388 e. The zero-order valence-electron chi connectivity index (χ0n) is 6.98. The van der Waals surface area contributed by atoms with Crippen molar-refractivity contribution in [2.24, 2.45) is 11.7 Å². The number of hydrogen-bond donors (Lipinski definition) is 2. The Bertz CT molecular complexity index is 95.4. The molecule has 0 radical (unpaired) electrons. The number of amidine groups is 1. The molecule has 0 aromatic rings. The van der Waals surface area contributed by atoms with Crippen molar-refractivity contribution in [1.29, 1.82) is 5.41 Å². The number of rotatable bonds is 5. The molecule has 0 atom stereocenters. The Labute approximate surface area is 63.3 Å². The third kappa shape index (κ3) is 4.36. The van der Waals surface area contributed by atoms with Crippen LogP contribution in [0.15, 0.2) is 0 Å². The molecule has 0 aromatic carbocycles. The van der Waals surface area contributed by atoms with E-state index in [1.807, 2.05) is 0 Å². The number of hydrogen-bond acceptors (Lipinski definition) is 1. The highest BCUT2D eigenvalue weighted by atomic mass is 14.7. The van der Waals surface area contributed by atoms with Crippen LogP contribution in [-0.4, -0.2) is 5.84 Å². The molecule has 0 aliphatic heterocycles. The third-order valence-corrected chi connectivity index (χ3v) is 1.98. The molecule has 3 N–H and O–H groups in total. The van der Waals surface area contributed by atoms with Crippen molar-refractivity contribution in [2.45, 2.75) is 39.5 Å². The molecule has 0 spiro atoms. The maximum atomic E-state index is 7.02. The van der Waals surface area contributed by atoms with Gasteiger partial charge in [-0.25, -0.2) is 0 Å². The first-order chi connectivity index (χ1) is 4.70. The molecule has 10 heavy (non-hydrogen) atoms. The van der Waals surface area contributed by atoms with E-state index < -0.39 is 0 Å². The lowest BCUT2D eigenvalue weighted by Gasteiger charge is -2.09. The molecule has 0 aliphatic rings. The molecule has 0 aliphatic carbocycles. The smallest absolute Gasteiger partial charge is 0.0905 e. The second-order valence-corrected chi connectivity index (χ2v) is 2.75. The van der Waals surface area contributed by atoms with E-state index >= 15 is 0 Å². The lowest BCUT2D eigenvalue weighted by Crippen LogP contribution is -2.11. The molecule has 0 heterocycles. The first-order valence-corrected chi connectivity index (χ1v) is 4.03. The maximum absolute atomic E-state index is 7.02. The molecular weight excluding hydrogens is 124 g/mol. The Balaban J connectivity index is 3.34. The van der Waals surface area contributed by atoms with Gasteiger partial charge >= 0.3 is 0 Å². The molecule has 0 fully saturated rings. The quantitative estimate of drug-likeness (QED) is 0.448. The highest BCUT2D eigenvalue weighted by Gasteiger charge is 2.02. The van der Waals surface area contributed by atoms with E-state index in [4.69, 9.17) is 11.1 Å². The van der Waals surface area contributed by atoms with Gasteiger partial charge in [-0.1, -0.05) is 26.7 Å². The van der Waals surface area contributed by atoms with Crippen molar-refractivity contribution in [2.75, 3.05) is 0 Å². The van der Waals surface area contributed by atoms with Crippen LogP contribution in [0.25, 0.3) is 0 Å². The Hall–Kier alpha value is -0.530. The van der Waals surface area contributed by atoms with E-state index in [-0.39, 0.29) is 0 Å². The third-order valence-electron chi connectivity index (χ3n) is 1.98. The summed E-state index contributed by atoms with van der Waals surface area (Å²) in [6, 6.07) is 0. The normalized spacial score (nSPS) is 10.3. The van der Waals surface area contributed by atoms with Gasteiger partial charge < -0.3 is 5.73 Å². The Morgan fingerprint density at radius 2 is 1.90 bits per heavy atom. The predicted octanol–water partition coefficient (Wildman–Crippen LogP) is 2.14. The lowest BCUT2D eigenvalue weighted by molar-refractivity contribution is 0.464. The summed E-state index contributed by atoms with van der Waals surface area (Å²) in [5.41, 5.74) is 5.23. The van der Waals surface area contributed by atoms with Gasteiger partial charge in [0.15, 0.2) is 0 Å². The van der Waals surface area contributed by atoms with Crippen molar-refractivity contribution >= 4 is 5.84 Å². The van der Waals surface area contributed by atoms with Crippen LogP contribution in [0.4, 0.5) is 0 Å². The SMILES string of the molecule is CCC(CC)CCC(=N)N. The zero-order chi connectivity index (χ0) is 7.98. The minimum atomic E-state index is 0.326. The van der Waals surface area contributed by atoms with Crippen molar-refractivity contribution in [3.63, 3.8) is 0 Å². The number of nitrogens with two attached hydrogens (primary N) is 1. The fourth-order valence-corrected chi connectivity index (χ4v) is 1.06. The fraction of sp³-hybridized carbons (Fsp3) is 0.875. The zero-order valence-corrected chi connectivity index (χ0v) is 6.98. The average molecular weight is 142 g/mol.